The predicted octanol–water partition coefficient (Wildman–Crippen LogP) is 2.67. The van der Waals surface area contributed by atoms with Crippen molar-refractivity contribution in [2.75, 3.05) is 25.7 Å². The van der Waals surface area contributed by atoms with Crippen LogP contribution in [0.3, 0.4) is 0 Å². The third kappa shape index (κ3) is 3.21. The van der Waals surface area contributed by atoms with E-state index in [1.165, 1.54) is 0 Å². The number of rotatable bonds is 5. The number of methoxy groups -OCH3 is 2. The van der Waals surface area contributed by atoms with Gasteiger partial charge in [-0.1, -0.05) is 11.2 Å². The van der Waals surface area contributed by atoms with E-state index < -0.39 is 0 Å². The summed E-state index contributed by atoms with van der Waals surface area (Å²) in [7, 11) is 3.15. The SMILES string of the molecule is COc1ccc(OC)c(N2CC(c3nc(-c4ccccn4)no3)CC2=O)c1. The van der Waals surface area contributed by atoms with Crippen LogP contribution in [0.25, 0.3) is 11.5 Å². The van der Waals surface area contributed by atoms with Gasteiger partial charge in [-0.25, -0.2) is 0 Å². The summed E-state index contributed by atoms with van der Waals surface area (Å²) >= 11 is 0. The van der Waals surface area contributed by atoms with Crippen molar-refractivity contribution in [1.82, 2.24) is 15.1 Å². The van der Waals surface area contributed by atoms with Gasteiger partial charge in [0.15, 0.2) is 0 Å². The number of amides is 1. The molecule has 1 fully saturated rings. The van der Waals surface area contributed by atoms with Crippen molar-refractivity contribution >= 4 is 11.6 Å². The first-order valence-electron chi connectivity index (χ1n) is 8.47. The number of pyridine rings is 1. The second kappa shape index (κ2) is 7.06. The Morgan fingerprint density at radius 1 is 1.19 bits per heavy atom. The molecule has 0 aliphatic carbocycles. The van der Waals surface area contributed by atoms with E-state index in [9.17, 15) is 4.79 Å². The highest BCUT2D eigenvalue weighted by molar-refractivity contribution is 5.98. The topological polar surface area (TPSA) is 90.6 Å². The number of carbonyl (C=O) groups excluding carboxylic acids is 1. The maximum absolute atomic E-state index is 12.6. The van der Waals surface area contributed by atoms with Crippen LogP contribution in [0.15, 0.2) is 47.1 Å². The smallest absolute Gasteiger partial charge is 0.232 e. The Morgan fingerprint density at radius 2 is 2.07 bits per heavy atom. The first-order chi connectivity index (χ1) is 13.2. The van der Waals surface area contributed by atoms with E-state index in [1.807, 2.05) is 18.2 Å². The Balaban J connectivity index is 1.59. The van der Waals surface area contributed by atoms with Crippen molar-refractivity contribution in [3.63, 3.8) is 0 Å². The lowest BCUT2D eigenvalue weighted by Gasteiger charge is -2.20. The highest BCUT2D eigenvalue weighted by atomic mass is 16.5. The van der Waals surface area contributed by atoms with Crippen LogP contribution < -0.4 is 14.4 Å². The molecule has 1 aliphatic rings. The van der Waals surface area contributed by atoms with Crippen LogP contribution in [0.5, 0.6) is 11.5 Å². The van der Waals surface area contributed by atoms with Crippen LogP contribution >= 0.6 is 0 Å². The fraction of sp³-hybridized carbons (Fsp3) is 0.263. The van der Waals surface area contributed by atoms with Crippen LogP contribution in [-0.4, -0.2) is 41.8 Å². The van der Waals surface area contributed by atoms with E-state index in [0.29, 0.717) is 41.1 Å². The van der Waals surface area contributed by atoms with E-state index >= 15 is 0 Å². The summed E-state index contributed by atoms with van der Waals surface area (Å²) in [5.74, 6) is 1.85. The molecule has 4 rings (SSSR count). The van der Waals surface area contributed by atoms with Crippen LogP contribution in [0.2, 0.25) is 0 Å². The molecule has 138 valence electrons. The van der Waals surface area contributed by atoms with Gasteiger partial charge in [-0.3, -0.25) is 9.78 Å². The molecular formula is C19H18N4O4. The molecular weight excluding hydrogens is 348 g/mol. The Morgan fingerprint density at radius 3 is 2.81 bits per heavy atom. The van der Waals surface area contributed by atoms with Gasteiger partial charge in [0.05, 0.1) is 25.8 Å². The fourth-order valence-corrected chi connectivity index (χ4v) is 3.11. The molecule has 1 aromatic carbocycles. The zero-order chi connectivity index (χ0) is 18.8. The van der Waals surface area contributed by atoms with E-state index in [2.05, 4.69) is 15.1 Å². The first kappa shape index (κ1) is 17.0. The maximum atomic E-state index is 12.6. The average Bonchev–Trinajstić information content (AvgIpc) is 3.35. The molecule has 0 spiro atoms. The molecule has 1 aliphatic heterocycles. The predicted molar refractivity (Wildman–Crippen MR) is 96.8 cm³/mol. The van der Waals surface area contributed by atoms with E-state index in [0.717, 1.165) is 0 Å². The minimum Gasteiger partial charge on any atom is -0.497 e. The molecule has 1 saturated heterocycles. The third-order valence-corrected chi connectivity index (χ3v) is 4.49. The molecule has 3 heterocycles. The summed E-state index contributed by atoms with van der Waals surface area (Å²) in [4.78, 5) is 22.9. The number of hydrogen-bond acceptors (Lipinski definition) is 7. The average molecular weight is 366 g/mol. The van der Waals surface area contributed by atoms with Crippen molar-refractivity contribution in [1.29, 1.82) is 0 Å². The number of benzene rings is 1. The van der Waals surface area contributed by atoms with E-state index in [1.54, 1.807) is 43.5 Å². The summed E-state index contributed by atoms with van der Waals surface area (Å²) in [5, 5.41) is 3.99. The highest BCUT2D eigenvalue weighted by Gasteiger charge is 2.36. The molecule has 0 saturated carbocycles. The quantitative estimate of drug-likeness (QED) is 0.685. The lowest BCUT2D eigenvalue weighted by molar-refractivity contribution is -0.117. The van der Waals surface area contributed by atoms with Gasteiger partial charge in [-0.05, 0) is 24.3 Å². The molecule has 1 atom stereocenters. The highest BCUT2D eigenvalue weighted by Crippen LogP contribution is 2.38. The van der Waals surface area contributed by atoms with Crippen LogP contribution in [0, 0.1) is 0 Å². The normalized spacial score (nSPS) is 16.6. The van der Waals surface area contributed by atoms with Gasteiger partial charge >= 0.3 is 0 Å². The summed E-state index contributed by atoms with van der Waals surface area (Å²) < 4.78 is 16.1. The lowest BCUT2D eigenvalue weighted by atomic mass is 10.1. The standard InChI is InChI=1S/C19H18N4O4/c1-25-13-6-7-16(26-2)15(10-13)23-11-12(9-17(23)24)19-21-18(22-27-19)14-5-3-4-8-20-14/h3-8,10,12H,9,11H2,1-2H3. The molecule has 0 N–H and O–H groups in total. The molecule has 2 aromatic heterocycles. The van der Waals surface area contributed by atoms with Gasteiger partial charge in [0.25, 0.3) is 0 Å². The van der Waals surface area contributed by atoms with Gasteiger partial charge in [0, 0.05) is 25.2 Å². The van der Waals surface area contributed by atoms with E-state index in [-0.39, 0.29) is 18.2 Å². The minimum absolute atomic E-state index is 0.0378. The zero-order valence-electron chi connectivity index (χ0n) is 15.0. The molecule has 0 radical (unpaired) electrons. The van der Waals surface area contributed by atoms with E-state index in [4.69, 9.17) is 14.0 Å². The Hall–Kier alpha value is -3.42. The Labute approximate surface area is 155 Å². The molecule has 1 unspecified atom stereocenters. The summed E-state index contributed by atoms with van der Waals surface area (Å²) in [6.07, 6.45) is 1.95. The number of ether oxygens (including phenoxy) is 2. The van der Waals surface area contributed by atoms with Crippen molar-refractivity contribution in [2.45, 2.75) is 12.3 Å². The summed E-state index contributed by atoms with van der Waals surface area (Å²) in [5.41, 5.74) is 1.29. The summed E-state index contributed by atoms with van der Waals surface area (Å²) in [6, 6.07) is 10.8. The molecule has 27 heavy (non-hydrogen) atoms. The van der Waals surface area contributed by atoms with Crippen molar-refractivity contribution in [2.24, 2.45) is 0 Å². The molecule has 8 heteroatoms. The van der Waals surface area contributed by atoms with Gasteiger partial charge < -0.3 is 18.9 Å². The van der Waals surface area contributed by atoms with Crippen LogP contribution in [-0.2, 0) is 4.79 Å². The minimum atomic E-state index is -0.196. The number of carbonyl (C=O) groups is 1. The Bertz CT molecular complexity index is 957. The largest absolute Gasteiger partial charge is 0.497 e. The number of hydrogen-bond donors (Lipinski definition) is 0. The molecule has 3 aromatic rings. The fourth-order valence-electron chi connectivity index (χ4n) is 3.11. The molecule has 1 amide bonds. The second-order valence-electron chi connectivity index (χ2n) is 6.11. The van der Waals surface area contributed by atoms with Crippen molar-refractivity contribution in [3.8, 4) is 23.0 Å². The maximum Gasteiger partial charge on any atom is 0.232 e. The zero-order valence-corrected chi connectivity index (χ0v) is 15.0. The van der Waals surface area contributed by atoms with Crippen molar-refractivity contribution < 1.29 is 18.8 Å². The third-order valence-electron chi connectivity index (χ3n) is 4.49. The second-order valence-corrected chi connectivity index (χ2v) is 6.11. The van der Waals surface area contributed by atoms with Gasteiger partial charge in [0.2, 0.25) is 17.6 Å². The number of anilines is 1. The lowest BCUT2D eigenvalue weighted by Crippen LogP contribution is -2.24. The number of aromatic nitrogens is 3. The number of nitrogens with zero attached hydrogens (tertiary/aromatic N) is 4. The van der Waals surface area contributed by atoms with Gasteiger partial charge in [-0.2, -0.15) is 4.98 Å². The Kier molecular flexibility index (Phi) is 4.45. The van der Waals surface area contributed by atoms with Crippen LogP contribution in [0.4, 0.5) is 5.69 Å². The van der Waals surface area contributed by atoms with Crippen molar-refractivity contribution in [3.05, 3.63) is 48.5 Å². The monoisotopic (exact) mass is 366 g/mol. The van der Waals surface area contributed by atoms with Crippen LogP contribution in [0.1, 0.15) is 18.2 Å². The van der Waals surface area contributed by atoms with Gasteiger partial charge in [0.1, 0.15) is 17.2 Å². The first-order valence-corrected chi connectivity index (χ1v) is 8.47. The molecule has 0 bridgehead atoms. The summed E-state index contributed by atoms with van der Waals surface area (Å²) in [6.45, 7) is 0.423. The van der Waals surface area contributed by atoms with Gasteiger partial charge in [-0.15, -0.1) is 0 Å². The molecule has 8 nitrogen and oxygen atoms in total.